The largest absolute Gasteiger partial charge is 0.508 e. The number of nitro groups is 1. The molecule has 0 saturated carbocycles. The second-order valence-electron chi connectivity index (χ2n) is 3.03. The molecule has 0 saturated heterocycles. The SMILES string of the molecule is CCOc1cc(O)cc(C(F)(F)F)c1[N+](=O)[O-]. The maximum atomic E-state index is 12.5. The Morgan fingerprint density at radius 3 is 2.47 bits per heavy atom. The summed E-state index contributed by atoms with van der Waals surface area (Å²) in [4.78, 5) is 9.43. The minimum atomic E-state index is -4.94. The van der Waals surface area contributed by atoms with Gasteiger partial charge in [-0.05, 0) is 13.0 Å². The van der Waals surface area contributed by atoms with Crippen molar-refractivity contribution in [1.82, 2.24) is 0 Å². The number of alkyl halides is 3. The predicted octanol–water partition coefficient (Wildman–Crippen LogP) is 2.72. The van der Waals surface area contributed by atoms with E-state index in [1.54, 1.807) is 0 Å². The molecule has 0 unspecified atom stereocenters. The zero-order valence-electron chi connectivity index (χ0n) is 8.61. The molecular formula is C9H8F3NO4. The molecule has 0 bridgehead atoms. The number of ether oxygens (including phenoxy) is 1. The average molecular weight is 251 g/mol. The van der Waals surface area contributed by atoms with Gasteiger partial charge in [0.2, 0.25) is 5.75 Å². The molecule has 1 N–H and O–H groups in total. The second-order valence-corrected chi connectivity index (χ2v) is 3.03. The molecule has 17 heavy (non-hydrogen) atoms. The number of nitrogens with zero attached hydrogens (tertiary/aromatic N) is 1. The van der Waals surface area contributed by atoms with Gasteiger partial charge in [0.05, 0.1) is 11.5 Å². The Morgan fingerprint density at radius 1 is 1.47 bits per heavy atom. The Balaban J connectivity index is 3.52. The first-order valence-corrected chi connectivity index (χ1v) is 4.48. The van der Waals surface area contributed by atoms with Gasteiger partial charge in [0.15, 0.2) is 0 Å². The zero-order chi connectivity index (χ0) is 13.2. The van der Waals surface area contributed by atoms with Gasteiger partial charge >= 0.3 is 11.9 Å². The molecule has 0 atom stereocenters. The van der Waals surface area contributed by atoms with E-state index in [0.29, 0.717) is 6.07 Å². The van der Waals surface area contributed by atoms with Crippen LogP contribution in [0.2, 0.25) is 0 Å². The van der Waals surface area contributed by atoms with Gasteiger partial charge in [-0.1, -0.05) is 0 Å². The van der Waals surface area contributed by atoms with E-state index < -0.39 is 33.8 Å². The van der Waals surface area contributed by atoms with E-state index in [4.69, 9.17) is 9.84 Å². The van der Waals surface area contributed by atoms with E-state index >= 15 is 0 Å². The zero-order valence-corrected chi connectivity index (χ0v) is 8.61. The Labute approximate surface area is 93.6 Å². The number of phenolic OH excluding ortho intramolecular Hbond substituents is 1. The van der Waals surface area contributed by atoms with Crippen LogP contribution in [0.1, 0.15) is 12.5 Å². The van der Waals surface area contributed by atoms with Gasteiger partial charge in [-0.25, -0.2) is 0 Å². The average Bonchev–Trinajstić information content (AvgIpc) is 2.15. The van der Waals surface area contributed by atoms with Gasteiger partial charge in [-0.2, -0.15) is 13.2 Å². The van der Waals surface area contributed by atoms with Crippen LogP contribution in [-0.4, -0.2) is 16.6 Å². The van der Waals surface area contributed by atoms with Crippen molar-refractivity contribution in [3.63, 3.8) is 0 Å². The summed E-state index contributed by atoms with van der Waals surface area (Å²) in [6.07, 6.45) is -4.94. The summed E-state index contributed by atoms with van der Waals surface area (Å²) in [7, 11) is 0. The number of rotatable bonds is 3. The van der Waals surface area contributed by atoms with Gasteiger partial charge in [0.25, 0.3) is 0 Å². The molecule has 0 spiro atoms. The summed E-state index contributed by atoms with van der Waals surface area (Å²) >= 11 is 0. The highest BCUT2D eigenvalue weighted by molar-refractivity contribution is 5.57. The normalized spacial score (nSPS) is 11.3. The van der Waals surface area contributed by atoms with Crippen LogP contribution < -0.4 is 4.74 Å². The summed E-state index contributed by atoms with van der Waals surface area (Å²) in [5.74, 6) is -1.35. The van der Waals surface area contributed by atoms with E-state index in [1.165, 1.54) is 6.92 Å². The maximum absolute atomic E-state index is 12.5. The molecule has 1 aromatic rings. The number of aromatic hydroxyl groups is 1. The number of nitro benzene ring substituents is 1. The highest BCUT2D eigenvalue weighted by atomic mass is 19.4. The van der Waals surface area contributed by atoms with Gasteiger partial charge in [0.1, 0.15) is 11.3 Å². The van der Waals surface area contributed by atoms with E-state index in [2.05, 4.69) is 0 Å². The molecule has 5 nitrogen and oxygen atoms in total. The lowest BCUT2D eigenvalue weighted by Crippen LogP contribution is -2.10. The maximum Gasteiger partial charge on any atom is 0.423 e. The van der Waals surface area contributed by atoms with Crippen molar-refractivity contribution in [2.45, 2.75) is 13.1 Å². The standard InChI is InChI=1S/C9H8F3NO4/c1-2-17-7-4-5(14)3-6(9(10,11)12)8(7)13(15)16/h3-4,14H,2H2,1H3. The van der Waals surface area contributed by atoms with E-state index in [1.807, 2.05) is 0 Å². The predicted molar refractivity (Wildman–Crippen MR) is 50.9 cm³/mol. The van der Waals surface area contributed by atoms with Crippen LogP contribution in [0, 0.1) is 10.1 Å². The molecule has 0 aromatic heterocycles. The molecular weight excluding hydrogens is 243 g/mol. The first-order valence-electron chi connectivity index (χ1n) is 4.48. The number of halogens is 3. The Morgan fingerprint density at radius 2 is 2.06 bits per heavy atom. The Hall–Kier alpha value is -1.99. The van der Waals surface area contributed by atoms with Crippen LogP contribution in [0.25, 0.3) is 0 Å². The molecule has 0 amide bonds. The van der Waals surface area contributed by atoms with Crippen LogP contribution in [0.3, 0.4) is 0 Å². The Kier molecular flexibility index (Phi) is 3.45. The molecule has 1 rings (SSSR count). The highest BCUT2D eigenvalue weighted by Crippen LogP contribution is 2.43. The summed E-state index contributed by atoms with van der Waals surface area (Å²) < 4.78 is 42.3. The van der Waals surface area contributed by atoms with Crippen molar-refractivity contribution in [3.8, 4) is 11.5 Å². The third kappa shape index (κ3) is 2.77. The van der Waals surface area contributed by atoms with Crippen molar-refractivity contribution in [1.29, 1.82) is 0 Å². The van der Waals surface area contributed by atoms with Crippen LogP contribution in [0.5, 0.6) is 11.5 Å². The fourth-order valence-electron chi connectivity index (χ4n) is 1.26. The lowest BCUT2D eigenvalue weighted by molar-refractivity contribution is -0.389. The molecule has 0 heterocycles. The number of benzene rings is 1. The molecule has 0 aliphatic rings. The van der Waals surface area contributed by atoms with Gasteiger partial charge in [0, 0.05) is 6.07 Å². The molecule has 0 aliphatic heterocycles. The quantitative estimate of drug-likeness (QED) is 0.662. The first-order chi connectivity index (χ1) is 7.77. The summed E-state index contributed by atoms with van der Waals surface area (Å²) in [6, 6.07) is 1.07. The van der Waals surface area contributed by atoms with Gasteiger partial charge in [-0.15, -0.1) is 0 Å². The first kappa shape index (κ1) is 13.1. The number of hydrogen-bond donors (Lipinski definition) is 1. The molecule has 1 aromatic carbocycles. The summed E-state index contributed by atoms with van der Waals surface area (Å²) in [5, 5.41) is 19.7. The van der Waals surface area contributed by atoms with Gasteiger partial charge < -0.3 is 9.84 Å². The molecule has 0 fully saturated rings. The van der Waals surface area contributed by atoms with Crippen LogP contribution in [0.4, 0.5) is 18.9 Å². The monoisotopic (exact) mass is 251 g/mol. The topological polar surface area (TPSA) is 72.6 Å². The molecule has 8 heteroatoms. The van der Waals surface area contributed by atoms with Crippen LogP contribution in [0.15, 0.2) is 12.1 Å². The molecule has 0 aliphatic carbocycles. The smallest absolute Gasteiger partial charge is 0.423 e. The van der Waals surface area contributed by atoms with Crippen molar-refractivity contribution in [2.75, 3.05) is 6.61 Å². The van der Waals surface area contributed by atoms with Gasteiger partial charge in [-0.3, -0.25) is 10.1 Å². The lowest BCUT2D eigenvalue weighted by atomic mass is 10.1. The summed E-state index contributed by atoms with van der Waals surface area (Å²) in [6.45, 7) is 1.41. The fraction of sp³-hybridized carbons (Fsp3) is 0.333. The third-order valence-electron chi connectivity index (χ3n) is 1.85. The highest BCUT2D eigenvalue weighted by Gasteiger charge is 2.41. The molecule has 94 valence electrons. The Bertz CT molecular complexity index is 445. The van der Waals surface area contributed by atoms with E-state index in [-0.39, 0.29) is 6.61 Å². The minimum absolute atomic E-state index is 0.0540. The van der Waals surface area contributed by atoms with Crippen molar-refractivity contribution in [3.05, 3.63) is 27.8 Å². The lowest BCUT2D eigenvalue weighted by Gasteiger charge is -2.11. The fourth-order valence-corrected chi connectivity index (χ4v) is 1.26. The van der Waals surface area contributed by atoms with Crippen molar-refractivity contribution in [2.24, 2.45) is 0 Å². The van der Waals surface area contributed by atoms with Crippen LogP contribution >= 0.6 is 0 Å². The van der Waals surface area contributed by atoms with E-state index in [9.17, 15) is 23.3 Å². The number of hydrogen-bond acceptors (Lipinski definition) is 4. The molecule has 0 radical (unpaired) electrons. The minimum Gasteiger partial charge on any atom is -0.508 e. The second kappa shape index (κ2) is 4.48. The third-order valence-corrected chi connectivity index (χ3v) is 1.85. The van der Waals surface area contributed by atoms with Crippen LogP contribution in [-0.2, 0) is 6.18 Å². The summed E-state index contributed by atoms with van der Waals surface area (Å²) in [5.41, 5.74) is -2.73. The van der Waals surface area contributed by atoms with E-state index in [0.717, 1.165) is 6.07 Å². The van der Waals surface area contributed by atoms with Crippen molar-refractivity contribution < 1.29 is 27.9 Å². The van der Waals surface area contributed by atoms with Crippen molar-refractivity contribution >= 4 is 5.69 Å². The number of phenols is 1.